The third kappa shape index (κ3) is 3.57. The van der Waals surface area contributed by atoms with Crippen molar-refractivity contribution < 1.29 is 4.92 Å². The zero-order valence-electron chi connectivity index (χ0n) is 11.7. The molecule has 1 aromatic carbocycles. The Hall–Kier alpha value is -1.89. The summed E-state index contributed by atoms with van der Waals surface area (Å²) in [4.78, 5) is 10.5. The first-order chi connectivity index (χ1) is 9.65. The molecule has 0 heterocycles. The summed E-state index contributed by atoms with van der Waals surface area (Å²) in [6, 6.07) is 9.23. The molecule has 0 N–H and O–H groups in total. The summed E-state index contributed by atoms with van der Waals surface area (Å²) >= 11 is 0. The normalized spacial score (nSPS) is 18.6. The number of non-ortho nitro benzene ring substituents is 1. The van der Waals surface area contributed by atoms with E-state index in [9.17, 15) is 15.4 Å². The van der Waals surface area contributed by atoms with Crippen molar-refractivity contribution in [1.29, 1.82) is 5.26 Å². The first kappa shape index (κ1) is 14.5. The van der Waals surface area contributed by atoms with Crippen LogP contribution in [0.15, 0.2) is 24.3 Å². The van der Waals surface area contributed by atoms with Crippen LogP contribution in [-0.2, 0) is 6.42 Å². The molecule has 0 unspecified atom stereocenters. The minimum Gasteiger partial charge on any atom is -0.258 e. The fourth-order valence-electron chi connectivity index (χ4n) is 3.08. The van der Waals surface area contributed by atoms with Gasteiger partial charge in [0.2, 0.25) is 0 Å². The molecule has 0 bridgehead atoms. The van der Waals surface area contributed by atoms with Gasteiger partial charge in [0.25, 0.3) is 5.69 Å². The zero-order chi connectivity index (χ0) is 14.4. The Morgan fingerprint density at radius 3 is 2.45 bits per heavy atom. The summed E-state index contributed by atoms with van der Waals surface area (Å²) in [6.45, 7) is 0. The smallest absolute Gasteiger partial charge is 0.258 e. The number of rotatable bonds is 3. The largest absolute Gasteiger partial charge is 0.269 e. The van der Waals surface area contributed by atoms with Gasteiger partial charge in [-0.05, 0) is 24.8 Å². The lowest BCUT2D eigenvalue weighted by Gasteiger charge is -2.28. The SMILES string of the molecule is N#CC1(Cc2cccc([N+](=O)[O-])c2)CCCCCCC1. The van der Waals surface area contributed by atoms with E-state index in [4.69, 9.17) is 0 Å². The van der Waals surface area contributed by atoms with Gasteiger partial charge in [-0.1, -0.05) is 44.2 Å². The van der Waals surface area contributed by atoms with Crippen LogP contribution >= 0.6 is 0 Å². The molecule has 0 spiro atoms. The number of nitro groups is 1. The quantitative estimate of drug-likeness (QED) is 0.605. The molecule has 1 aliphatic rings. The highest BCUT2D eigenvalue weighted by atomic mass is 16.6. The minimum atomic E-state index is -0.374. The summed E-state index contributed by atoms with van der Waals surface area (Å²) < 4.78 is 0. The molecule has 2 rings (SSSR count). The summed E-state index contributed by atoms with van der Waals surface area (Å²) in [5.41, 5.74) is 0.679. The molecule has 1 fully saturated rings. The molecule has 0 amide bonds. The molecule has 20 heavy (non-hydrogen) atoms. The molecule has 4 heteroatoms. The molecule has 1 aromatic rings. The van der Waals surface area contributed by atoms with Crippen molar-refractivity contribution in [3.8, 4) is 6.07 Å². The molecular formula is C16H20N2O2. The van der Waals surface area contributed by atoms with Crippen LogP contribution < -0.4 is 0 Å². The Morgan fingerprint density at radius 2 is 1.85 bits per heavy atom. The van der Waals surface area contributed by atoms with Gasteiger partial charge in [0, 0.05) is 12.1 Å². The van der Waals surface area contributed by atoms with Crippen molar-refractivity contribution in [2.45, 2.75) is 51.4 Å². The van der Waals surface area contributed by atoms with Crippen molar-refractivity contribution in [3.63, 3.8) is 0 Å². The maximum Gasteiger partial charge on any atom is 0.269 e. The van der Waals surface area contributed by atoms with E-state index in [1.165, 1.54) is 25.3 Å². The number of nitro benzene ring substituents is 1. The van der Waals surface area contributed by atoms with Crippen molar-refractivity contribution in [3.05, 3.63) is 39.9 Å². The lowest BCUT2D eigenvalue weighted by Crippen LogP contribution is -2.23. The average molecular weight is 272 g/mol. The van der Waals surface area contributed by atoms with E-state index < -0.39 is 0 Å². The van der Waals surface area contributed by atoms with E-state index in [1.807, 2.05) is 6.07 Å². The Morgan fingerprint density at radius 1 is 1.20 bits per heavy atom. The third-order valence-electron chi connectivity index (χ3n) is 4.21. The Bertz CT molecular complexity index is 511. The van der Waals surface area contributed by atoms with Crippen molar-refractivity contribution in [2.24, 2.45) is 5.41 Å². The van der Waals surface area contributed by atoms with Gasteiger partial charge in [-0.25, -0.2) is 0 Å². The van der Waals surface area contributed by atoms with E-state index in [2.05, 4.69) is 6.07 Å². The molecule has 1 aliphatic carbocycles. The second-order valence-corrected chi connectivity index (χ2v) is 5.76. The molecule has 1 saturated carbocycles. The van der Waals surface area contributed by atoms with E-state index >= 15 is 0 Å². The number of nitrogens with zero attached hydrogens (tertiary/aromatic N) is 2. The molecule has 0 aromatic heterocycles. The first-order valence-electron chi connectivity index (χ1n) is 7.30. The van der Waals surface area contributed by atoms with Gasteiger partial charge in [0.1, 0.15) is 0 Å². The number of hydrogen-bond acceptors (Lipinski definition) is 3. The summed E-state index contributed by atoms with van der Waals surface area (Å²) in [5, 5.41) is 20.5. The van der Waals surface area contributed by atoms with Crippen molar-refractivity contribution in [2.75, 3.05) is 0 Å². The topological polar surface area (TPSA) is 66.9 Å². The molecule has 0 aliphatic heterocycles. The third-order valence-corrected chi connectivity index (χ3v) is 4.21. The highest BCUT2D eigenvalue weighted by Gasteiger charge is 2.30. The van der Waals surface area contributed by atoms with Crippen LogP contribution in [0.2, 0.25) is 0 Å². The average Bonchev–Trinajstić information content (AvgIpc) is 2.42. The van der Waals surface area contributed by atoms with Gasteiger partial charge in [0.05, 0.1) is 16.4 Å². The standard InChI is InChI=1S/C16H20N2O2/c17-13-16(9-4-2-1-3-5-10-16)12-14-7-6-8-15(11-14)18(19)20/h6-8,11H,1-5,9-10,12H2. The van der Waals surface area contributed by atoms with Gasteiger partial charge in [0.15, 0.2) is 0 Å². The second kappa shape index (κ2) is 6.51. The highest BCUT2D eigenvalue weighted by molar-refractivity contribution is 5.35. The monoisotopic (exact) mass is 272 g/mol. The Balaban J connectivity index is 2.18. The van der Waals surface area contributed by atoms with Crippen LogP contribution in [0.4, 0.5) is 5.69 Å². The van der Waals surface area contributed by atoms with Gasteiger partial charge in [-0.3, -0.25) is 10.1 Å². The second-order valence-electron chi connectivity index (χ2n) is 5.76. The molecule has 106 valence electrons. The fourth-order valence-corrected chi connectivity index (χ4v) is 3.08. The van der Waals surface area contributed by atoms with Crippen LogP contribution in [0, 0.1) is 26.9 Å². The van der Waals surface area contributed by atoms with Gasteiger partial charge < -0.3 is 0 Å². The van der Waals surface area contributed by atoms with Crippen molar-refractivity contribution >= 4 is 5.69 Å². The van der Waals surface area contributed by atoms with Crippen LogP contribution in [0.1, 0.15) is 50.5 Å². The maximum absolute atomic E-state index is 10.8. The van der Waals surface area contributed by atoms with Gasteiger partial charge in [-0.2, -0.15) is 5.26 Å². The predicted molar refractivity (Wildman–Crippen MR) is 77.2 cm³/mol. The predicted octanol–water partition coefficient (Wildman–Crippen LogP) is 4.39. The van der Waals surface area contributed by atoms with E-state index in [0.717, 1.165) is 31.2 Å². The zero-order valence-corrected chi connectivity index (χ0v) is 11.7. The summed E-state index contributed by atoms with van der Waals surface area (Å²) in [5.74, 6) is 0. The highest BCUT2D eigenvalue weighted by Crippen LogP contribution is 2.37. The Kier molecular flexibility index (Phi) is 4.73. The van der Waals surface area contributed by atoms with Gasteiger partial charge >= 0.3 is 0 Å². The summed E-state index contributed by atoms with van der Waals surface area (Å²) in [7, 11) is 0. The molecule has 0 atom stereocenters. The van der Waals surface area contributed by atoms with Crippen molar-refractivity contribution in [1.82, 2.24) is 0 Å². The first-order valence-corrected chi connectivity index (χ1v) is 7.30. The number of nitriles is 1. The molecular weight excluding hydrogens is 252 g/mol. The van der Waals surface area contributed by atoms with E-state index in [0.29, 0.717) is 6.42 Å². The van der Waals surface area contributed by atoms with Crippen LogP contribution in [-0.4, -0.2) is 4.92 Å². The number of hydrogen-bond donors (Lipinski definition) is 0. The van der Waals surface area contributed by atoms with Gasteiger partial charge in [-0.15, -0.1) is 0 Å². The fraction of sp³-hybridized carbons (Fsp3) is 0.562. The van der Waals surface area contributed by atoms with Crippen LogP contribution in [0.3, 0.4) is 0 Å². The molecule has 0 radical (unpaired) electrons. The summed E-state index contributed by atoms with van der Waals surface area (Å²) in [6.07, 6.45) is 8.27. The Labute approximate surface area is 119 Å². The molecule has 4 nitrogen and oxygen atoms in total. The maximum atomic E-state index is 10.8. The van der Waals surface area contributed by atoms with Crippen LogP contribution in [0.25, 0.3) is 0 Å². The molecule has 0 saturated heterocycles. The number of benzene rings is 1. The van der Waals surface area contributed by atoms with E-state index in [1.54, 1.807) is 12.1 Å². The van der Waals surface area contributed by atoms with E-state index in [-0.39, 0.29) is 16.0 Å². The minimum absolute atomic E-state index is 0.112. The lowest BCUT2D eigenvalue weighted by atomic mass is 9.73. The lowest BCUT2D eigenvalue weighted by molar-refractivity contribution is -0.384. The van der Waals surface area contributed by atoms with Crippen LogP contribution in [0.5, 0.6) is 0 Å².